The van der Waals surface area contributed by atoms with Gasteiger partial charge in [-0.3, -0.25) is 9.48 Å². The molecule has 108 valence electrons. The highest BCUT2D eigenvalue weighted by Gasteiger charge is 2.13. The number of rotatable bonds is 5. The van der Waals surface area contributed by atoms with Crippen LogP contribution in [0.2, 0.25) is 0 Å². The van der Waals surface area contributed by atoms with Crippen molar-refractivity contribution in [3.8, 4) is 0 Å². The summed E-state index contributed by atoms with van der Waals surface area (Å²) in [5.41, 5.74) is 9.05. The Morgan fingerprint density at radius 1 is 1.50 bits per heavy atom. The number of anilines is 1. The number of aromatic nitrogens is 3. The number of aryl methyl sites for hydroxylation is 2. The third-order valence-corrected chi connectivity index (χ3v) is 3.39. The van der Waals surface area contributed by atoms with Crippen molar-refractivity contribution in [3.63, 3.8) is 0 Å². The van der Waals surface area contributed by atoms with Crippen molar-refractivity contribution < 1.29 is 4.79 Å². The zero-order valence-electron chi connectivity index (χ0n) is 12.2. The topological polar surface area (TPSA) is 77.9 Å². The summed E-state index contributed by atoms with van der Waals surface area (Å²) in [5, 5.41) is 7.07. The van der Waals surface area contributed by atoms with Crippen molar-refractivity contribution >= 4 is 11.6 Å². The van der Waals surface area contributed by atoms with E-state index in [0.717, 1.165) is 24.2 Å². The monoisotopic (exact) mass is 275 g/mol. The summed E-state index contributed by atoms with van der Waals surface area (Å²) < 4.78 is 3.68. The van der Waals surface area contributed by atoms with Crippen LogP contribution >= 0.6 is 0 Å². The molecular weight excluding hydrogens is 254 g/mol. The van der Waals surface area contributed by atoms with Crippen LogP contribution in [0.1, 0.15) is 35.1 Å². The molecule has 2 heterocycles. The predicted octanol–water partition coefficient (Wildman–Crippen LogP) is 1.45. The van der Waals surface area contributed by atoms with Crippen LogP contribution in [0, 0.1) is 6.92 Å². The summed E-state index contributed by atoms with van der Waals surface area (Å²) in [7, 11) is 1.88. The summed E-state index contributed by atoms with van der Waals surface area (Å²) in [6.45, 7) is 5.30. The van der Waals surface area contributed by atoms with Crippen LogP contribution in [-0.2, 0) is 20.1 Å². The quantitative estimate of drug-likeness (QED) is 0.867. The van der Waals surface area contributed by atoms with Gasteiger partial charge in [0.25, 0.3) is 5.91 Å². The zero-order chi connectivity index (χ0) is 14.7. The van der Waals surface area contributed by atoms with Crippen LogP contribution < -0.4 is 11.1 Å². The largest absolute Gasteiger partial charge is 0.397 e. The van der Waals surface area contributed by atoms with Gasteiger partial charge in [0.1, 0.15) is 5.69 Å². The molecule has 6 heteroatoms. The molecule has 0 fully saturated rings. The molecule has 0 radical (unpaired) electrons. The molecule has 0 aliphatic heterocycles. The lowest BCUT2D eigenvalue weighted by atomic mass is 10.2. The Balaban J connectivity index is 2.07. The highest BCUT2D eigenvalue weighted by molar-refractivity contribution is 5.93. The van der Waals surface area contributed by atoms with Gasteiger partial charge >= 0.3 is 0 Å². The summed E-state index contributed by atoms with van der Waals surface area (Å²) in [6, 6.07) is 1.71. The number of carbonyl (C=O) groups excluding carboxylic acids is 1. The highest BCUT2D eigenvalue weighted by atomic mass is 16.1. The molecule has 0 atom stereocenters. The van der Waals surface area contributed by atoms with Crippen LogP contribution in [0.3, 0.4) is 0 Å². The van der Waals surface area contributed by atoms with Gasteiger partial charge in [-0.1, -0.05) is 6.92 Å². The van der Waals surface area contributed by atoms with E-state index in [0.29, 0.717) is 17.9 Å². The van der Waals surface area contributed by atoms with Crippen molar-refractivity contribution in [1.29, 1.82) is 0 Å². The van der Waals surface area contributed by atoms with E-state index < -0.39 is 0 Å². The lowest BCUT2D eigenvalue weighted by Crippen LogP contribution is -2.25. The molecule has 0 saturated heterocycles. The highest BCUT2D eigenvalue weighted by Crippen LogP contribution is 2.12. The molecule has 2 aromatic rings. The fraction of sp³-hybridized carbons (Fsp3) is 0.429. The van der Waals surface area contributed by atoms with E-state index in [1.165, 1.54) is 0 Å². The molecule has 0 spiro atoms. The van der Waals surface area contributed by atoms with Crippen LogP contribution in [-0.4, -0.2) is 20.3 Å². The number of nitrogens with one attached hydrogen (secondary N) is 1. The van der Waals surface area contributed by atoms with Crippen LogP contribution in [0.5, 0.6) is 0 Å². The Bertz CT molecular complexity index is 611. The first-order valence-corrected chi connectivity index (χ1v) is 6.74. The van der Waals surface area contributed by atoms with Crippen molar-refractivity contribution in [1.82, 2.24) is 19.7 Å². The number of hydrogen-bond acceptors (Lipinski definition) is 3. The first-order chi connectivity index (χ1) is 9.52. The Hall–Kier alpha value is -2.24. The number of carbonyl (C=O) groups is 1. The molecule has 0 aliphatic carbocycles. The SMILES string of the molecule is CCCn1cc(N)cc1C(=O)NCc1cnn(C)c1C. The fourth-order valence-corrected chi connectivity index (χ4v) is 2.13. The Labute approximate surface area is 118 Å². The minimum absolute atomic E-state index is 0.113. The second-order valence-electron chi connectivity index (χ2n) is 4.91. The smallest absolute Gasteiger partial charge is 0.268 e. The van der Waals surface area contributed by atoms with Gasteiger partial charge < -0.3 is 15.6 Å². The maximum Gasteiger partial charge on any atom is 0.268 e. The summed E-state index contributed by atoms with van der Waals surface area (Å²) in [6.07, 6.45) is 4.53. The number of nitrogens with two attached hydrogens (primary N) is 1. The van der Waals surface area contributed by atoms with Gasteiger partial charge in [-0.2, -0.15) is 5.10 Å². The van der Waals surface area contributed by atoms with Crippen molar-refractivity contribution in [2.24, 2.45) is 7.05 Å². The van der Waals surface area contributed by atoms with Gasteiger partial charge in [-0.25, -0.2) is 0 Å². The molecule has 3 N–H and O–H groups in total. The molecular formula is C14H21N5O. The van der Waals surface area contributed by atoms with E-state index in [-0.39, 0.29) is 5.91 Å². The molecule has 2 rings (SSSR count). The average Bonchev–Trinajstić information content (AvgIpc) is 2.93. The second kappa shape index (κ2) is 5.81. The molecule has 6 nitrogen and oxygen atoms in total. The van der Waals surface area contributed by atoms with Gasteiger partial charge in [0.05, 0.1) is 11.9 Å². The third kappa shape index (κ3) is 2.84. The van der Waals surface area contributed by atoms with Crippen LogP contribution in [0.25, 0.3) is 0 Å². The van der Waals surface area contributed by atoms with Crippen molar-refractivity contribution in [2.45, 2.75) is 33.4 Å². The maximum atomic E-state index is 12.2. The van der Waals surface area contributed by atoms with E-state index in [1.807, 2.05) is 18.5 Å². The maximum absolute atomic E-state index is 12.2. The van der Waals surface area contributed by atoms with Crippen molar-refractivity contribution in [3.05, 3.63) is 35.4 Å². The third-order valence-electron chi connectivity index (χ3n) is 3.39. The molecule has 0 unspecified atom stereocenters. The lowest BCUT2D eigenvalue weighted by Gasteiger charge is -2.08. The van der Waals surface area contributed by atoms with Gasteiger partial charge in [-0.15, -0.1) is 0 Å². The molecule has 20 heavy (non-hydrogen) atoms. The minimum Gasteiger partial charge on any atom is -0.397 e. The van der Waals surface area contributed by atoms with E-state index in [1.54, 1.807) is 23.1 Å². The summed E-state index contributed by atoms with van der Waals surface area (Å²) in [4.78, 5) is 12.2. The number of amides is 1. The van der Waals surface area contributed by atoms with Crippen LogP contribution in [0.15, 0.2) is 18.5 Å². The minimum atomic E-state index is -0.113. The lowest BCUT2D eigenvalue weighted by molar-refractivity contribution is 0.0941. The number of hydrogen-bond donors (Lipinski definition) is 2. The zero-order valence-corrected chi connectivity index (χ0v) is 12.2. The second-order valence-corrected chi connectivity index (χ2v) is 4.91. The Morgan fingerprint density at radius 3 is 2.85 bits per heavy atom. The summed E-state index contributed by atoms with van der Waals surface area (Å²) >= 11 is 0. The number of nitrogen functional groups attached to an aromatic ring is 1. The predicted molar refractivity (Wildman–Crippen MR) is 78.3 cm³/mol. The molecule has 0 aliphatic rings. The van der Waals surface area contributed by atoms with E-state index in [4.69, 9.17) is 5.73 Å². The van der Waals surface area contributed by atoms with Gasteiger partial charge in [0.15, 0.2) is 0 Å². The van der Waals surface area contributed by atoms with Gasteiger partial charge in [0.2, 0.25) is 0 Å². The van der Waals surface area contributed by atoms with Crippen LogP contribution in [0.4, 0.5) is 5.69 Å². The van der Waals surface area contributed by atoms with Crippen molar-refractivity contribution in [2.75, 3.05) is 5.73 Å². The molecule has 0 saturated carbocycles. The normalized spacial score (nSPS) is 10.8. The van der Waals surface area contributed by atoms with Gasteiger partial charge in [-0.05, 0) is 19.4 Å². The standard InChI is InChI=1S/C14H21N5O/c1-4-5-19-9-12(15)6-13(19)14(20)16-7-11-8-17-18(3)10(11)2/h6,8-9H,4-5,7,15H2,1-3H3,(H,16,20). The van der Waals surface area contributed by atoms with Gasteiger partial charge in [0, 0.05) is 37.6 Å². The number of nitrogens with zero attached hydrogens (tertiary/aromatic N) is 3. The van der Waals surface area contributed by atoms with E-state index >= 15 is 0 Å². The first-order valence-electron chi connectivity index (χ1n) is 6.74. The first kappa shape index (κ1) is 14.2. The molecule has 2 aromatic heterocycles. The molecule has 0 aromatic carbocycles. The fourth-order valence-electron chi connectivity index (χ4n) is 2.13. The molecule has 1 amide bonds. The molecule has 0 bridgehead atoms. The average molecular weight is 275 g/mol. The Kier molecular flexibility index (Phi) is 4.12. The van der Waals surface area contributed by atoms with E-state index in [2.05, 4.69) is 17.3 Å². The van der Waals surface area contributed by atoms with E-state index in [9.17, 15) is 4.79 Å². The Morgan fingerprint density at radius 2 is 2.25 bits per heavy atom. The summed E-state index contributed by atoms with van der Waals surface area (Å²) in [5.74, 6) is -0.113.